The zero-order valence-corrected chi connectivity index (χ0v) is 8.24. The Labute approximate surface area is 87.6 Å². The first kappa shape index (κ1) is 12.3. The van der Waals surface area contributed by atoms with Crippen LogP contribution < -0.4 is 4.74 Å². The lowest BCUT2D eigenvalue weighted by atomic mass is 10.1. The van der Waals surface area contributed by atoms with E-state index in [1.165, 1.54) is 0 Å². The number of halogens is 4. The van der Waals surface area contributed by atoms with Crippen molar-refractivity contribution in [2.75, 3.05) is 14.2 Å². The molecule has 0 fully saturated rings. The molecule has 88 valence electrons. The minimum Gasteiger partial charge on any atom is -0.491 e. The highest BCUT2D eigenvalue weighted by Crippen LogP contribution is 2.30. The van der Waals surface area contributed by atoms with Gasteiger partial charge in [0.15, 0.2) is 23.2 Å². The van der Waals surface area contributed by atoms with Gasteiger partial charge < -0.3 is 9.47 Å². The highest BCUT2D eigenvalue weighted by Gasteiger charge is 2.30. The fraction of sp³-hybridized carbons (Fsp3) is 0.222. The number of hydrogen-bond acceptors (Lipinski definition) is 3. The van der Waals surface area contributed by atoms with Crippen molar-refractivity contribution in [3.8, 4) is 5.75 Å². The Morgan fingerprint density at radius 3 is 1.94 bits per heavy atom. The van der Waals surface area contributed by atoms with E-state index in [2.05, 4.69) is 9.47 Å². The summed E-state index contributed by atoms with van der Waals surface area (Å²) in [5, 5.41) is 0. The number of carbonyl (C=O) groups excluding carboxylic acids is 1. The summed E-state index contributed by atoms with van der Waals surface area (Å²) < 4.78 is 60.5. The summed E-state index contributed by atoms with van der Waals surface area (Å²) >= 11 is 0. The fourth-order valence-electron chi connectivity index (χ4n) is 1.07. The molecule has 16 heavy (non-hydrogen) atoms. The molecule has 0 aliphatic rings. The van der Waals surface area contributed by atoms with Crippen molar-refractivity contribution in [3.05, 3.63) is 28.8 Å². The minimum atomic E-state index is -2.00. The van der Waals surface area contributed by atoms with Gasteiger partial charge >= 0.3 is 5.97 Å². The van der Waals surface area contributed by atoms with Crippen LogP contribution in [0.4, 0.5) is 17.6 Å². The third-order valence-electron chi connectivity index (χ3n) is 1.82. The highest BCUT2D eigenvalue weighted by molar-refractivity contribution is 5.90. The second-order valence-corrected chi connectivity index (χ2v) is 2.66. The third-order valence-corrected chi connectivity index (χ3v) is 1.82. The second-order valence-electron chi connectivity index (χ2n) is 2.66. The van der Waals surface area contributed by atoms with E-state index in [0.717, 1.165) is 14.2 Å². The Morgan fingerprint density at radius 1 is 0.938 bits per heavy atom. The van der Waals surface area contributed by atoms with Crippen molar-refractivity contribution in [2.45, 2.75) is 0 Å². The smallest absolute Gasteiger partial charge is 0.344 e. The number of esters is 1. The molecular weight excluding hydrogens is 232 g/mol. The number of hydrogen-bond donors (Lipinski definition) is 0. The lowest BCUT2D eigenvalue weighted by molar-refractivity contribution is 0.0586. The Bertz CT molecular complexity index is 445. The number of ether oxygens (including phenoxy) is 2. The molecule has 3 nitrogen and oxygen atoms in total. The van der Waals surface area contributed by atoms with E-state index in [9.17, 15) is 22.4 Å². The maximum Gasteiger partial charge on any atom is 0.344 e. The van der Waals surface area contributed by atoms with Crippen molar-refractivity contribution < 1.29 is 31.8 Å². The molecule has 0 aliphatic heterocycles. The number of benzene rings is 1. The van der Waals surface area contributed by atoms with Crippen LogP contribution in [-0.4, -0.2) is 20.2 Å². The SMILES string of the molecule is COC(=O)c1c(F)c(F)c(F)c(OC)c1F. The molecule has 7 heteroatoms. The molecule has 0 atom stereocenters. The van der Waals surface area contributed by atoms with Crippen molar-refractivity contribution in [1.82, 2.24) is 0 Å². The van der Waals surface area contributed by atoms with E-state index in [-0.39, 0.29) is 0 Å². The Morgan fingerprint density at radius 2 is 1.50 bits per heavy atom. The first-order chi connectivity index (χ1) is 7.45. The molecule has 0 saturated carbocycles. The van der Waals surface area contributed by atoms with Crippen LogP contribution in [0.3, 0.4) is 0 Å². The summed E-state index contributed by atoms with van der Waals surface area (Å²) in [7, 11) is 1.69. The van der Waals surface area contributed by atoms with Gasteiger partial charge in [-0.25, -0.2) is 18.0 Å². The van der Waals surface area contributed by atoms with Gasteiger partial charge in [0.2, 0.25) is 5.82 Å². The predicted molar refractivity (Wildman–Crippen MR) is 44.2 cm³/mol. The van der Waals surface area contributed by atoms with Crippen LogP contribution in [0.25, 0.3) is 0 Å². The molecule has 1 aromatic rings. The van der Waals surface area contributed by atoms with E-state index in [0.29, 0.717) is 0 Å². The van der Waals surface area contributed by atoms with Crippen molar-refractivity contribution >= 4 is 5.97 Å². The number of rotatable bonds is 2. The summed E-state index contributed by atoms with van der Waals surface area (Å²) in [6.45, 7) is 0. The molecule has 0 radical (unpaired) electrons. The van der Waals surface area contributed by atoms with Gasteiger partial charge in [-0.15, -0.1) is 0 Å². The third kappa shape index (κ3) is 1.68. The lowest BCUT2D eigenvalue weighted by Gasteiger charge is -2.09. The summed E-state index contributed by atoms with van der Waals surface area (Å²) in [4.78, 5) is 10.9. The predicted octanol–water partition coefficient (Wildman–Crippen LogP) is 2.04. The largest absolute Gasteiger partial charge is 0.491 e. The average molecular weight is 238 g/mol. The van der Waals surface area contributed by atoms with Gasteiger partial charge in [0.1, 0.15) is 5.56 Å². The van der Waals surface area contributed by atoms with E-state index in [4.69, 9.17) is 0 Å². The molecule has 0 amide bonds. The van der Waals surface area contributed by atoms with E-state index < -0.39 is 40.6 Å². The molecule has 0 unspecified atom stereocenters. The van der Waals surface area contributed by atoms with Crippen LogP contribution >= 0.6 is 0 Å². The topological polar surface area (TPSA) is 35.5 Å². The zero-order valence-electron chi connectivity index (χ0n) is 8.24. The molecule has 0 aromatic heterocycles. The molecule has 0 bridgehead atoms. The summed E-state index contributed by atoms with van der Waals surface area (Å²) in [5.74, 6) is -10.1. The minimum absolute atomic E-state index is 0.842. The number of methoxy groups -OCH3 is 2. The van der Waals surface area contributed by atoms with Crippen molar-refractivity contribution in [1.29, 1.82) is 0 Å². The van der Waals surface area contributed by atoms with Crippen LogP contribution in [0.2, 0.25) is 0 Å². The van der Waals surface area contributed by atoms with Gasteiger partial charge in [-0.05, 0) is 0 Å². The zero-order chi connectivity index (χ0) is 12.5. The lowest BCUT2D eigenvalue weighted by Crippen LogP contribution is -2.13. The van der Waals surface area contributed by atoms with Crippen molar-refractivity contribution in [2.24, 2.45) is 0 Å². The molecule has 0 heterocycles. The normalized spacial score (nSPS) is 10.1. The maximum absolute atomic E-state index is 13.3. The molecule has 0 N–H and O–H groups in total. The highest BCUT2D eigenvalue weighted by atomic mass is 19.2. The van der Waals surface area contributed by atoms with Crippen LogP contribution in [-0.2, 0) is 4.74 Å². The molecule has 0 aliphatic carbocycles. The van der Waals surface area contributed by atoms with Crippen LogP contribution in [0.5, 0.6) is 5.75 Å². The number of carbonyl (C=O) groups is 1. The molecule has 1 aromatic carbocycles. The van der Waals surface area contributed by atoms with E-state index in [1.54, 1.807) is 0 Å². The van der Waals surface area contributed by atoms with Gasteiger partial charge in [-0.2, -0.15) is 4.39 Å². The maximum atomic E-state index is 13.3. The Balaban J connectivity index is 3.62. The average Bonchev–Trinajstić information content (AvgIpc) is 2.27. The Kier molecular flexibility index (Phi) is 3.36. The molecular formula is C9H6F4O3. The van der Waals surface area contributed by atoms with Gasteiger partial charge in [-0.3, -0.25) is 0 Å². The molecule has 0 saturated heterocycles. The molecule has 1 rings (SSSR count). The fourth-order valence-corrected chi connectivity index (χ4v) is 1.07. The van der Waals surface area contributed by atoms with Gasteiger partial charge in [0, 0.05) is 0 Å². The summed E-state index contributed by atoms with van der Waals surface area (Å²) in [6.07, 6.45) is 0. The summed E-state index contributed by atoms with van der Waals surface area (Å²) in [5.41, 5.74) is -1.33. The summed E-state index contributed by atoms with van der Waals surface area (Å²) in [6, 6.07) is 0. The van der Waals surface area contributed by atoms with Crippen molar-refractivity contribution in [3.63, 3.8) is 0 Å². The second kappa shape index (κ2) is 4.38. The quantitative estimate of drug-likeness (QED) is 0.342. The standard InChI is InChI=1S/C9H6F4O3/c1-15-8-5(11)3(9(14)16-2)4(10)6(12)7(8)13/h1-2H3. The van der Waals surface area contributed by atoms with Crippen LogP contribution in [0.1, 0.15) is 10.4 Å². The Hall–Kier alpha value is -1.79. The van der Waals surface area contributed by atoms with Crippen LogP contribution in [0, 0.1) is 23.3 Å². The van der Waals surface area contributed by atoms with E-state index in [1.807, 2.05) is 0 Å². The van der Waals surface area contributed by atoms with E-state index >= 15 is 0 Å². The van der Waals surface area contributed by atoms with Gasteiger partial charge in [0.25, 0.3) is 0 Å². The first-order valence-electron chi connectivity index (χ1n) is 3.93. The monoisotopic (exact) mass is 238 g/mol. The van der Waals surface area contributed by atoms with Gasteiger partial charge in [-0.1, -0.05) is 0 Å². The molecule has 0 spiro atoms. The van der Waals surface area contributed by atoms with Crippen LogP contribution in [0.15, 0.2) is 0 Å². The first-order valence-corrected chi connectivity index (χ1v) is 3.93. The van der Waals surface area contributed by atoms with Gasteiger partial charge in [0.05, 0.1) is 14.2 Å².